The largest absolute Gasteiger partial charge is 0.342 e. The molecule has 1 aromatic heterocycles. The SMILES string of the molecule is Clc1cccc2[nH]c(CC3CC4CCC(C3)N4)nc12. The highest BCUT2D eigenvalue weighted by molar-refractivity contribution is 6.34. The van der Waals surface area contributed by atoms with Gasteiger partial charge in [-0.05, 0) is 43.7 Å². The summed E-state index contributed by atoms with van der Waals surface area (Å²) < 4.78 is 0. The van der Waals surface area contributed by atoms with Gasteiger partial charge in [-0.2, -0.15) is 0 Å². The van der Waals surface area contributed by atoms with Crippen LogP contribution in [0.25, 0.3) is 11.0 Å². The fourth-order valence-corrected chi connectivity index (χ4v) is 3.98. The van der Waals surface area contributed by atoms with Crippen molar-refractivity contribution in [2.45, 2.75) is 44.2 Å². The van der Waals surface area contributed by atoms with Gasteiger partial charge in [0.25, 0.3) is 0 Å². The van der Waals surface area contributed by atoms with E-state index in [9.17, 15) is 0 Å². The summed E-state index contributed by atoms with van der Waals surface area (Å²) in [5, 5.41) is 4.43. The Labute approximate surface area is 117 Å². The minimum atomic E-state index is 0.741. The highest BCUT2D eigenvalue weighted by atomic mass is 35.5. The maximum absolute atomic E-state index is 6.18. The topological polar surface area (TPSA) is 40.7 Å². The molecule has 3 nitrogen and oxygen atoms in total. The van der Waals surface area contributed by atoms with Crippen LogP contribution in [0.15, 0.2) is 18.2 Å². The monoisotopic (exact) mass is 275 g/mol. The molecule has 4 rings (SSSR count). The summed E-state index contributed by atoms with van der Waals surface area (Å²) in [7, 11) is 0. The third kappa shape index (κ3) is 2.15. The number of H-pyrrole nitrogens is 1. The van der Waals surface area contributed by atoms with Crippen LogP contribution in [-0.4, -0.2) is 22.1 Å². The van der Waals surface area contributed by atoms with E-state index in [-0.39, 0.29) is 0 Å². The Bertz CT molecular complexity index is 594. The maximum Gasteiger partial charge on any atom is 0.107 e. The van der Waals surface area contributed by atoms with Crippen molar-refractivity contribution in [2.75, 3.05) is 0 Å². The van der Waals surface area contributed by atoms with Gasteiger partial charge in [0.1, 0.15) is 11.3 Å². The van der Waals surface area contributed by atoms with Crippen LogP contribution in [-0.2, 0) is 6.42 Å². The Hall–Kier alpha value is -1.06. The van der Waals surface area contributed by atoms with Gasteiger partial charge in [0.2, 0.25) is 0 Å². The number of hydrogen-bond acceptors (Lipinski definition) is 2. The fraction of sp³-hybridized carbons (Fsp3) is 0.533. The number of nitrogens with one attached hydrogen (secondary N) is 2. The molecule has 2 fully saturated rings. The number of piperidine rings is 1. The maximum atomic E-state index is 6.18. The standard InChI is InChI=1S/C15H18ClN3/c16-12-2-1-3-13-15(12)19-14(18-13)8-9-6-10-4-5-11(7-9)17-10/h1-3,9-11,17H,4-8H2,(H,18,19). The number of rotatable bonds is 2. The Morgan fingerprint density at radius 1 is 1.21 bits per heavy atom. The molecule has 2 atom stereocenters. The number of para-hydroxylation sites is 1. The molecule has 2 aromatic rings. The number of halogens is 1. The smallest absolute Gasteiger partial charge is 0.107 e. The summed E-state index contributed by atoms with van der Waals surface area (Å²) >= 11 is 6.18. The summed E-state index contributed by atoms with van der Waals surface area (Å²) in [6, 6.07) is 7.41. The van der Waals surface area contributed by atoms with Crippen molar-refractivity contribution in [3.05, 3.63) is 29.0 Å². The van der Waals surface area contributed by atoms with E-state index >= 15 is 0 Å². The zero-order valence-electron chi connectivity index (χ0n) is 10.8. The molecular formula is C15H18ClN3. The van der Waals surface area contributed by atoms with Crippen molar-refractivity contribution >= 4 is 22.6 Å². The summed E-state index contributed by atoms with van der Waals surface area (Å²) in [6.45, 7) is 0. The number of imidazole rings is 1. The molecule has 0 amide bonds. The Morgan fingerprint density at radius 2 is 2.00 bits per heavy atom. The molecule has 0 aliphatic carbocycles. The summed E-state index contributed by atoms with van der Waals surface area (Å²) in [5.74, 6) is 1.85. The van der Waals surface area contributed by atoms with Crippen LogP contribution < -0.4 is 5.32 Å². The van der Waals surface area contributed by atoms with Gasteiger partial charge < -0.3 is 10.3 Å². The number of aromatic nitrogens is 2. The van der Waals surface area contributed by atoms with E-state index < -0.39 is 0 Å². The van der Waals surface area contributed by atoms with Crippen molar-refractivity contribution in [3.63, 3.8) is 0 Å². The van der Waals surface area contributed by atoms with Gasteiger partial charge in [-0.25, -0.2) is 4.98 Å². The van der Waals surface area contributed by atoms with Gasteiger partial charge in [-0.1, -0.05) is 17.7 Å². The molecule has 1 aromatic carbocycles. The van der Waals surface area contributed by atoms with Gasteiger partial charge in [-0.15, -0.1) is 0 Å². The Balaban J connectivity index is 1.56. The zero-order chi connectivity index (χ0) is 12.8. The molecule has 2 aliphatic rings. The van der Waals surface area contributed by atoms with Gasteiger partial charge in [0.15, 0.2) is 0 Å². The van der Waals surface area contributed by atoms with Gasteiger partial charge >= 0.3 is 0 Å². The van der Waals surface area contributed by atoms with Gasteiger partial charge in [0, 0.05) is 18.5 Å². The molecule has 100 valence electrons. The Kier molecular flexibility index (Phi) is 2.78. The lowest BCUT2D eigenvalue weighted by molar-refractivity contribution is 0.295. The third-order valence-corrected chi connectivity index (χ3v) is 4.87. The molecule has 2 bridgehead atoms. The fourth-order valence-electron chi connectivity index (χ4n) is 3.76. The Morgan fingerprint density at radius 3 is 2.74 bits per heavy atom. The molecule has 3 heterocycles. The number of aromatic amines is 1. The molecule has 0 saturated carbocycles. The van der Waals surface area contributed by atoms with E-state index in [1.54, 1.807) is 0 Å². The first-order chi connectivity index (χ1) is 9.28. The van der Waals surface area contributed by atoms with E-state index in [4.69, 9.17) is 11.6 Å². The summed E-state index contributed by atoms with van der Waals surface area (Å²) in [5.41, 5.74) is 1.97. The average molecular weight is 276 g/mol. The molecule has 19 heavy (non-hydrogen) atoms. The first-order valence-corrected chi connectivity index (χ1v) is 7.55. The van der Waals surface area contributed by atoms with Crippen LogP contribution in [0.2, 0.25) is 5.02 Å². The second-order valence-corrected chi connectivity index (χ2v) is 6.41. The van der Waals surface area contributed by atoms with Crippen LogP contribution in [0.1, 0.15) is 31.5 Å². The lowest BCUT2D eigenvalue weighted by Crippen LogP contribution is -2.38. The predicted molar refractivity (Wildman–Crippen MR) is 77.5 cm³/mol. The number of nitrogens with zero attached hydrogens (tertiary/aromatic N) is 1. The molecule has 0 spiro atoms. The minimum absolute atomic E-state index is 0.741. The zero-order valence-corrected chi connectivity index (χ0v) is 11.6. The van der Waals surface area contributed by atoms with E-state index in [1.807, 2.05) is 18.2 Å². The quantitative estimate of drug-likeness (QED) is 0.883. The molecular weight excluding hydrogens is 258 g/mol. The van der Waals surface area contributed by atoms with Crippen molar-refractivity contribution in [2.24, 2.45) is 5.92 Å². The van der Waals surface area contributed by atoms with Crippen LogP contribution in [0.4, 0.5) is 0 Å². The molecule has 0 radical (unpaired) electrons. The van der Waals surface area contributed by atoms with E-state index in [0.29, 0.717) is 0 Å². The summed E-state index contributed by atoms with van der Waals surface area (Å²) in [6.07, 6.45) is 6.35. The number of hydrogen-bond donors (Lipinski definition) is 2. The molecule has 2 unspecified atom stereocenters. The summed E-state index contributed by atoms with van der Waals surface area (Å²) in [4.78, 5) is 8.09. The third-order valence-electron chi connectivity index (χ3n) is 4.57. The molecule has 2 saturated heterocycles. The minimum Gasteiger partial charge on any atom is -0.342 e. The molecule has 2 aliphatic heterocycles. The average Bonchev–Trinajstić information content (AvgIpc) is 2.94. The van der Waals surface area contributed by atoms with Crippen molar-refractivity contribution < 1.29 is 0 Å². The van der Waals surface area contributed by atoms with E-state index in [2.05, 4.69) is 15.3 Å². The van der Waals surface area contributed by atoms with Crippen molar-refractivity contribution in [1.82, 2.24) is 15.3 Å². The van der Waals surface area contributed by atoms with E-state index in [0.717, 1.165) is 46.3 Å². The first-order valence-electron chi connectivity index (χ1n) is 7.17. The second-order valence-electron chi connectivity index (χ2n) is 6.00. The first kappa shape index (κ1) is 11.7. The highest BCUT2D eigenvalue weighted by Gasteiger charge is 2.33. The lowest BCUT2D eigenvalue weighted by atomic mass is 9.89. The number of fused-ring (bicyclic) bond motifs is 3. The molecule has 2 N–H and O–H groups in total. The lowest BCUT2D eigenvalue weighted by Gasteiger charge is -2.28. The van der Waals surface area contributed by atoms with Crippen LogP contribution in [0.5, 0.6) is 0 Å². The van der Waals surface area contributed by atoms with Crippen LogP contribution >= 0.6 is 11.6 Å². The normalized spacial score (nSPS) is 30.1. The number of benzene rings is 1. The highest BCUT2D eigenvalue weighted by Crippen LogP contribution is 2.33. The van der Waals surface area contributed by atoms with Gasteiger partial charge in [0.05, 0.1) is 10.5 Å². The van der Waals surface area contributed by atoms with Crippen molar-refractivity contribution in [3.8, 4) is 0 Å². The van der Waals surface area contributed by atoms with Crippen LogP contribution in [0, 0.1) is 5.92 Å². The van der Waals surface area contributed by atoms with Crippen LogP contribution in [0.3, 0.4) is 0 Å². The van der Waals surface area contributed by atoms with E-state index in [1.165, 1.54) is 25.7 Å². The van der Waals surface area contributed by atoms with Gasteiger partial charge in [-0.3, -0.25) is 0 Å². The second kappa shape index (κ2) is 4.50. The molecule has 4 heteroatoms. The van der Waals surface area contributed by atoms with Crippen molar-refractivity contribution in [1.29, 1.82) is 0 Å². The predicted octanol–water partition coefficient (Wildman–Crippen LogP) is 3.29.